The summed E-state index contributed by atoms with van der Waals surface area (Å²) in [6, 6.07) is 2.59. The topological polar surface area (TPSA) is 106 Å². The zero-order valence-electron chi connectivity index (χ0n) is 19.9. The minimum atomic E-state index is -4.75. The van der Waals surface area contributed by atoms with Gasteiger partial charge in [-0.2, -0.15) is 18.3 Å². The molecule has 3 N–H and O–H groups in total. The monoisotopic (exact) mass is 556 g/mol. The Morgan fingerprint density at radius 2 is 1.87 bits per heavy atom. The van der Waals surface area contributed by atoms with Gasteiger partial charge in [-0.1, -0.05) is 11.6 Å². The number of nitrogens with one attached hydrogen (secondary N) is 1. The number of carbonyl (C=O) groups excluding carboxylic acids is 2. The lowest BCUT2D eigenvalue weighted by molar-refractivity contribution is -0.139. The number of fused-ring (bicyclic) bond motifs is 1. The number of alkyl halides is 5. The van der Waals surface area contributed by atoms with Crippen molar-refractivity contribution in [3.05, 3.63) is 46.2 Å². The molecule has 0 radical (unpaired) electrons. The van der Waals surface area contributed by atoms with Crippen molar-refractivity contribution in [2.75, 3.05) is 18.8 Å². The van der Waals surface area contributed by atoms with Crippen LogP contribution in [0.25, 0.3) is 16.8 Å². The van der Waals surface area contributed by atoms with Gasteiger partial charge in [-0.15, -0.1) is 0 Å². The number of nitrogens with zero attached hydrogens (tertiary/aromatic N) is 4. The van der Waals surface area contributed by atoms with E-state index in [1.807, 2.05) is 0 Å². The van der Waals surface area contributed by atoms with Crippen LogP contribution >= 0.6 is 11.6 Å². The Balaban J connectivity index is 1.44. The summed E-state index contributed by atoms with van der Waals surface area (Å²) in [5.74, 6) is -1.98. The van der Waals surface area contributed by atoms with E-state index in [1.165, 1.54) is 17.0 Å². The lowest BCUT2D eigenvalue weighted by Crippen LogP contribution is -2.44. The Kier molecular flexibility index (Phi) is 6.44. The molecule has 38 heavy (non-hydrogen) atoms. The van der Waals surface area contributed by atoms with Crippen molar-refractivity contribution in [2.45, 2.75) is 44.3 Å². The molecule has 2 fully saturated rings. The van der Waals surface area contributed by atoms with Crippen molar-refractivity contribution < 1.29 is 31.5 Å². The standard InChI is InChI=1S/C24H22ClF5N6O2/c1-10-2-11(18-6-15(24(28,29)30)20-21(31)32-9-33-36(18)20)5-14(19(10)25)22(37)34-17-8-35(7-16(17)27)23(38)12-3-13(26)4-12/h2,5-6,9,12-13,16-17H,3-4,7-8H2,1H3,(H,34,37)(H2,31,32,33)/t12?,13?,16-,17+/m0/s1. The first-order valence-corrected chi connectivity index (χ1v) is 12.1. The number of nitrogens with two attached hydrogens (primary N) is 1. The Morgan fingerprint density at radius 3 is 2.53 bits per heavy atom. The Labute approximate surface area is 217 Å². The highest BCUT2D eigenvalue weighted by Crippen LogP contribution is 2.39. The van der Waals surface area contributed by atoms with Crippen LogP contribution in [-0.4, -0.2) is 62.8 Å². The number of carbonyl (C=O) groups is 2. The van der Waals surface area contributed by atoms with Crippen LogP contribution in [0.15, 0.2) is 24.5 Å². The van der Waals surface area contributed by atoms with E-state index in [9.17, 15) is 31.5 Å². The minimum Gasteiger partial charge on any atom is -0.382 e. The van der Waals surface area contributed by atoms with Gasteiger partial charge >= 0.3 is 6.18 Å². The summed E-state index contributed by atoms with van der Waals surface area (Å²) in [6.45, 7) is 1.24. The van der Waals surface area contributed by atoms with Gasteiger partial charge in [0.25, 0.3) is 5.91 Å². The molecule has 1 saturated carbocycles. The number of likely N-dealkylation sites (tertiary alicyclic amines) is 1. The molecule has 2 amide bonds. The van der Waals surface area contributed by atoms with Crippen LogP contribution in [0.3, 0.4) is 0 Å². The van der Waals surface area contributed by atoms with Crippen LogP contribution in [0, 0.1) is 12.8 Å². The quantitative estimate of drug-likeness (QED) is 0.473. The molecular weight excluding hydrogens is 535 g/mol. The molecule has 202 valence electrons. The number of anilines is 1. The molecule has 1 aliphatic carbocycles. The number of halogens is 6. The molecule has 3 aromatic rings. The van der Waals surface area contributed by atoms with E-state index in [2.05, 4.69) is 15.4 Å². The third-order valence-corrected chi connectivity index (χ3v) is 7.49. The van der Waals surface area contributed by atoms with E-state index < -0.39 is 47.5 Å². The Bertz CT molecular complexity index is 1440. The van der Waals surface area contributed by atoms with Crippen molar-refractivity contribution in [1.82, 2.24) is 24.8 Å². The van der Waals surface area contributed by atoms with Crippen molar-refractivity contribution in [3.8, 4) is 11.3 Å². The molecule has 2 aromatic heterocycles. The maximum atomic E-state index is 14.7. The molecular formula is C24H22ClF5N6O2. The van der Waals surface area contributed by atoms with Gasteiger partial charge in [-0.05, 0) is 43.5 Å². The summed E-state index contributed by atoms with van der Waals surface area (Å²) in [7, 11) is 0. The van der Waals surface area contributed by atoms with E-state index in [4.69, 9.17) is 17.3 Å². The second-order valence-electron chi connectivity index (χ2n) is 9.61. The molecule has 14 heteroatoms. The van der Waals surface area contributed by atoms with E-state index in [1.54, 1.807) is 6.92 Å². The molecule has 5 rings (SSSR count). The number of benzene rings is 1. The summed E-state index contributed by atoms with van der Waals surface area (Å²) in [5, 5.41) is 6.48. The molecule has 8 nitrogen and oxygen atoms in total. The SMILES string of the molecule is Cc1cc(-c2cc(C(F)(F)F)c3c(N)ncnn23)cc(C(=O)N[C@@H]2CN(C(=O)C3CC(F)C3)C[C@@H]2F)c1Cl. The minimum absolute atomic E-state index is 0.0112. The highest BCUT2D eigenvalue weighted by atomic mass is 35.5. The van der Waals surface area contributed by atoms with Crippen LogP contribution < -0.4 is 11.1 Å². The second-order valence-corrected chi connectivity index (χ2v) is 9.98. The predicted octanol–water partition coefficient (Wildman–Crippen LogP) is 3.99. The van der Waals surface area contributed by atoms with Crippen LogP contribution in [0.1, 0.15) is 34.3 Å². The molecule has 0 bridgehead atoms. The number of hydrogen-bond donors (Lipinski definition) is 2. The van der Waals surface area contributed by atoms with Crippen molar-refractivity contribution in [1.29, 1.82) is 0 Å². The average molecular weight is 557 g/mol. The molecule has 0 spiro atoms. The number of nitrogen functional groups attached to an aromatic ring is 1. The average Bonchev–Trinajstić information content (AvgIpc) is 3.40. The summed E-state index contributed by atoms with van der Waals surface area (Å²) >= 11 is 6.36. The van der Waals surface area contributed by atoms with Crippen LogP contribution in [-0.2, 0) is 11.0 Å². The van der Waals surface area contributed by atoms with Gasteiger partial charge < -0.3 is 16.0 Å². The molecule has 3 heterocycles. The van der Waals surface area contributed by atoms with Gasteiger partial charge in [0.15, 0.2) is 5.82 Å². The molecule has 1 saturated heterocycles. The predicted molar refractivity (Wildman–Crippen MR) is 128 cm³/mol. The first kappa shape index (κ1) is 26.1. The van der Waals surface area contributed by atoms with Gasteiger partial charge in [0, 0.05) is 18.0 Å². The van der Waals surface area contributed by atoms with Crippen LogP contribution in [0.4, 0.5) is 27.8 Å². The van der Waals surface area contributed by atoms with Gasteiger partial charge in [0.1, 0.15) is 24.2 Å². The van der Waals surface area contributed by atoms with E-state index in [-0.39, 0.29) is 59.5 Å². The molecule has 2 aliphatic rings. The highest BCUT2D eigenvalue weighted by molar-refractivity contribution is 6.34. The van der Waals surface area contributed by atoms with E-state index in [0.29, 0.717) is 5.56 Å². The first-order chi connectivity index (χ1) is 17.8. The number of rotatable bonds is 4. The zero-order chi connectivity index (χ0) is 27.5. The zero-order valence-corrected chi connectivity index (χ0v) is 20.7. The largest absolute Gasteiger partial charge is 0.418 e. The summed E-state index contributed by atoms with van der Waals surface area (Å²) in [5.41, 5.74) is 4.69. The fraction of sp³-hybridized carbons (Fsp3) is 0.417. The van der Waals surface area contributed by atoms with Gasteiger partial charge in [-0.3, -0.25) is 9.59 Å². The molecule has 1 aromatic carbocycles. The van der Waals surface area contributed by atoms with Crippen molar-refractivity contribution in [3.63, 3.8) is 0 Å². The summed E-state index contributed by atoms with van der Waals surface area (Å²) < 4.78 is 70.1. The second kappa shape index (κ2) is 9.37. The van der Waals surface area contributed by atoms with Gasteiger partial charge in [0.2, 0.25) is 5.91 Å². The normalized spacial score (nSPS) is 23.5. The molecule has 2 atom stereocenters. The number of aromatic nitrogens is 3. The Hall–Kier alpha value is -3.48. The van der Waals surface area contributed by atoms with Crippen molar-refractivity contribution in [2.24, 2.45) is 5.92 Å². The number of hydrogen-bond acceptors (Lipinski definition) is 5. The smallest absolute Gasteiger partial charge is 0.382 e. The fourth-order valence-electron chi connectivity index (χ4n) is 4.91. The van der Waals surface area contributed by atoms with Gasteiger partial charge in [-0.25, -0.2) is 18.3 Å². The maximum absolute atomic E-state index is 14.7. The lowest BCUT2D eigenvalue weighted by Gasteiger charge is -2.31. The van der Waals surface area contributed by atoms with Crippen molar-refractivity contribution >= 4 is 34.7 Å². The third kappa shape index (κ3) is 4.52. The summed E-state index contributed by atoms with van der Waals surface area (Å²) in [4.78, 5) is 30.6. The number of amides is 2. The van der Waals surface area contributed by atoms with Crippen LogP contribution in [0.2, 0.25) is 5.02 Å². The number of aryl methyl sites for hydroxylation is 1. The molecule has 1 aliphatic heterocycles. The van der Waals surface area contributed by atoms with E-state index >= 15 is 0 Å². The van der Waals surface area contributed by atoms with Crippen LogP contribution in [0.5, 0.6) is 0 Å². The Morgan fingerprint density at radius 1 is 1.16 bits per heavy atom. The summed E-state index contributed by atoms with van der Waals surface area (Å²) in [6.07, 6.45) is -6.13. The highest BCUT2D eigenvalue weighted by Gasteiger charge is 2.43. The van der Waals surface area contributed by atoms with E-state index in [0.717, 1.165) is 16.9 Å². The van der Waals surface area contributed by atoms with Gasteiger partial charge in [0.05, 0.1) is 34.4 Å². The first-order valence-electron chi connectivity index (χ1n) is 11.7. The third-order valence-electron chi connectivity index (χ3n) is 6.99. The fourth-order valence-corrected chi connectivity index (χ4v) is 5.10. The lowest BCUT2D eigenvalue weighted by atomic mass is 9.82. The maximum Gasteiger partial charge on any atom is 0.418 e. The molecule has 0 unspecified atom stereocenters.